The molecule has 1 aliphatic heterocycles. The summed E-state index contributed by atoms with van der Waals surface area (Å²) in [7, 11) is 0. The Hall–Kier alpha value is -0.410. The molecule has 1 unspecified atom stereocenters. The lowest BCUT2D eigenvalue weighted by Gasteiger charge is -2.23. The van der Waals surface area contributed by atoms with E-state index in [2.05, 4.69) is 25.9 Å². The van der Waals surface area contributed by atoms with E-state index in [4.69, 9.17) is 27.9 Å². The predicted molar refractivity (Wildman–Crippen MR) is 80.5 cm³/mol. The topological polar surface area (TPSA) is 98.6 Å². The molecule has 2 aromatic rings. The molecule has 0 aliphatic carbocycles. The molecule has 21 heavy (non-hydrogen) atoms. The van der Waals surface area contributed by atoms with Crippen LogP contribution in [0.1, 0.15) is 11.9 Å². The summed E-state index contributed by atoms with van der Waals surface area (Å²) in [6, 6.07) is 5.08. The van der Waals surface area contributed by atoms with Crippen molar-refractivity contribution in [2.24, 2.45) is 0 Å². The first-order chi connectivity index (χ1) is 9.80. The van der Waals surface area contributed by atoms with Crippen LogP contribution in [0.5, 0.6) is 0 Å². The van der Waals surface area contributed by atoms with E-state index in [1.165, 1.54) is 0 Å². The number of aliphatic hydroxyl groups excluding tert-OH is 2. The second-order valence-corrected chi connectivity index (χ2v) is 6.96. The molecule has 1 aliphatic rings. The van der Waals surface area contributed by atoms with Crippen LogP contribution in [0.4, 0.5) is 0 Å². The fourth-order valence-electron chi connectivity index (χ4n) is 2.31. The maximum Gasteiger partial charge on any atom is 0.181 e. The maximum atomic E-state index is 10.4. The highest BCUT2D eigenvalue weighted by atomic mass is 79.9. The number of nitrogens with zero attached hydrogens (tertiary/aromatic N) is 1. The number of nitrogens with one attached hydrogen (secondary N) is 1. The Morgan fingerprint density at radius 3 is 2.81 bits per heavy atom. The minimum atomic E-state index is -1.83. The number of hydrogen-bond donors (Lipinski definition) is 4. The van der Waals surface area contributed by atoms with Gasteiger partial charge in [0.1, 0.15) is 18.0 Å². The quantitative estimate of drug-likeness (QED) is 0.577. The van der Waals surface area contributed by atoms with Gasteiger partial charge in [-0.1, -0.05) is 23.2 Å². The van der Waals surface area contributed by atoms with E-state index in [9.17, 15) is 15.3 Å². The summed E-state index contributed by atoms with van der Waals surface area (Å²) in [5.41, 5.74) is -0.174. The van der Waals surface area contributed by atoms with Crippen molar-refractivity contribution in [3.63, 3.8) is 0 Å². The number of aromatic amines is 1. The van der Waals surface area contributed by atoms with Gasteiger partial charge in [-0.2, -0.15) is 0 Å². The van der Waals surface area contributed by atoms with Gasteiger partial charge in [-0.3, -0.25) is 0 Å². The average Bonchev–Trinajstić information content (AvgIpc) is 2.89. The predicted octanol–water partition coefficient (Wildman–Crippen LogP) is 1.66. The van der Waals surface area contributed by atoms with E-state index in [0.29, 0.717) is 16.1 Å². The van der Waals surface area contributed by atoms with Gasteiger partial charge in [0, 0.05) is 5.02 Å². The number of H-pyrrole nitrogens is 1. The Morgan fingerprint density at radius 2 is 2.19 bits per heavy atom. The summed E-state index contributed by atoms with van der Waals surface area (Å²) in [4.78, 5) is 7.26. The molecule has 6 nitrogen and oxygen atoms in total. The highest BCUT2D eigenvalue weighted by molar-refractivity contribution is 9.10. The molecule has 5 atom stereocenters. The first-order valence-electron chi connectivity index (χ1n) is 6.03. The van der Waals surface area contributed by atoms with E-state index in [0.717, 1.165) is 0 Å². The first-order valence-corrected chi connectivity index (χ1v) is 7.63. The van der Waals surface area contributed by atoms with Crippen LogP contribution in [0.3, 0.4) is 0 Å². The Morgan fingerprint density at radius 1 is 1.48 bits per heavy atom. The molecular formula is C12H11BrCl2N2O4. The van der Waals surface area contributed by atoms with Crippen molar-refractivity contribution in [1.82, 2.24) is 9.97 Å². The van der Waals surface area contributed by atoms with Gasteiger partial charge in [-0.15, -0.1) is 0 Å². The Kier molecular flexibility index (Phi) is 3.94. The lowest BCUT2D eigenvalue weighted by molar-refractivity contribution is -0.0394. The molecule has 4 N–H and O–H groups in total. The lowest BCUT2D eigenvalue weighted by atomic mass is 10.1. The summed E-state index contributed by atoms with van der Waals surface area (Å²) in [6.45, 7) is 0. The molecule has 1 aromatic heterocycles. The maximum absolute atomic E-state index is 10.4. The molecule has 0 bridgehead atoms. The zero-order valence-electron chi connectivity index (χ0n) is 10.4. The number of halogens is 3. The summed E-state index contributed by atoms with van der Waals surface area (Å²) in [5, 5.41) is 30.3. The van der Waals surface area contributed by atoms with Gasteiger partial charge in [0.05, 0.1) is 11.0 Å². The van der Waals surface area contributed by atoms with Crippen LogP contribution >= 0.6 is 39.1 Å². The van der Waals surface area contributed by atoms with Crippen molar-refractivity contribution in [1.29, 1.82) is 0 Å². The van der Waals surface area contributed by atoms with Crippen LogP contribution in [0, 0.1) is 0 Å². The van der Waals surface area contributed by atoms with Crippen molar-refractivity contribution in [2.75, 3.05) is 0 Å². The normalized spacial score (nSPS) is 34.5. The summed E-state index contributed by atoms with van der Waals surface area (Å²) in [6.07, 6.45) is -3.61. The molecule has 1 aromatic carbocycles. The van der Waals surface area contributed by atoms with Crippen molar-refractivity contribution in [2.45, 2.75) is 28.4 Å². The minimum Gasteiger partial charge on any atom is -0.386 e. The number of imidazole rings is 1. The number of aliphatic hydroxyl groups is 3. The van der Waals surface area contributed by atoms with Crippen LogP contribution in [0.25, 0.3) is 11.0 Å². The minimum absolute atomic E-state index is 0.283. The van der Waals surface area contributed by atoms with E-state index in [-0.39, 0.29) is 5.82 Å². The second kappa shape index (κ2) is 5.34. The number of benzene rings is 1. The molecule has 1 saturated heterocycles. The Bertz CT molecular complexity index is 678. The molecule has 0 amide bonds. The number of aromatic nitrogens is 2. The first kappa shape index (κ1) is 15.5. The average molecular weight is 398 g/mol. The van der Waals surface area contributed by atoms with E-state index in [1.54, 1.807) is 18.2 Å². The van der Waals surface area contributed by atoms with Crippen LogP contribution in [0.2, 0.25) is 5.02 Å². The zero-order valence-corrected chi connectivity index (χ0v) is 13.5. The molecule has 9 heteroatoms. The SMILES string of the molecule is OC(Cl)[C@H]1O[C@@H](c2nc3ccc(Cl)cc3[nH]2)[C@@](O)(Br)[C@@H]1O. The van der Waals surface area contributed by atoms with E-state index < -0.39 is 28.4 Å². The van der Waals surface area contributed by atoms with Gasteiger partial charge < -0.3 is 25.0 Å². The van der Waals surface area contributed by atoms with Gasteiger partial charge >= 0.3 is 0 Å². The van der Waals surface area contributed by atoms with Crippen LogP contribution in [0.15, 0.2) is 18.2 Å². The lowest BCUT2D eigenvalue weighted by Crippen LogP contribution is -2.42. The van der Waals surface area contributed by atoms with Gasteiger partial charge in [-0.25, -0.2) is 4.98 Å². The molecule has 114 valence electrons. The fraction of sp³-hybridized carbons (Fsp3) is 0.417. The van der Waals surface area contributed by atoms with Crippen LogP contribution < -0.4 is 0 Å². The van der Waals surface area contributed by atoms with Crippen molar-refractivity contribution in [3.8, 4) is 0 Å². The number of fused-ring (bicyclic) bond motifs is 1. The largest absolute Gasteiger partial charge is 0.386 e. The number of ether oxygens (including phenoxy) is 1. The van der Waals surface area contributed by atoms with Gasteiger partial charge in [0.25, 0.3) is 0 Å². The van der Waals surface area contributed by atoms with Crippen molar-refractivity contribution >= 4 is 50.2 Å². The molecule has 1 fully saturated rings. The standard InChI is InChI=1S/C12H11BrCl2N2O4/c13-12(20)8(18)7(10(15)19)21-9(12)11-16-5-2-1-4(14)3-6(5)17-11/h1-3,7-10,18-20H,(H,16,17)/t7-,8+,9-,10?,12+/m0/s1. The van der Waals surface area contributed by atoms with E-state index >= 15 is 0 Å². The van der Waals surface area contributed by atoms with Gasteiger partial charge in [-0.05, 0) is 34.1 Å². The molecule has 3 rings (SSSR count). The summed E-state index contributed by atoms with van der Waals surface area (Å²) in [5.74, 6) is 0.283. The smallest absolute Gasteiger partial charge is 0.181 e. The third-order valence-corrected chi connectivity index (χ3v) is 4.74. The van der Waals surface area contributed by atoms with Crippen LogP contribution in [-0.2, 0) is 4.74 Å². The summed E-state index contributed by atoms with van der Waals surface area (Å²) >= 11 is 14.5. The Labute approximate surface area is 137 Å². The molecule has 0 radical (unpaired) electrons. The van der Waals surface area contributed by atoms with Gasteiger partial charge in [0.2, 0.25) is 0 Å². The third-order valence-electron chi connectivity index (χ3n) is 3.37. The summed E-state index contributed by atoms with van der Waals surface area (Å²) < 4.78 is 3.61. The Balaban J connectivity index is 2.01. The van der Waals surface area contributed by atoms with Gasteiger partial charge in [0.15, 0.2) is 16.2 Å². The monoisotopic (exact) mass is 396 g/mol. The van der Waals surface area contributed by atoms with Crippen molar-refractivity contribution in [3.05, 3.63) is 29.0 Å². The molecule has 2 heterocycles. The van der Waals surface area contributed by atoms with Crippen molar-refractivity contribution < 1.29 is 20.1 Å². The second-order valence-electron chi connectivity index (χ2n) is 4.81. The fourth-order valence-corrected chi connectivity index (χ4v) is 3.26. The molecular weight excluding hydrogens is 387 g/mol. The van der Waals surface area contributed by atoms with Crippen LogP contribution in [-0.4, -0.2) is 47.6 Å². The number of alkyl halides is 2. The molecule has 0 saturated carbocycles. The highest BCUT2D eigenvalue weighted by Gasteiger charge is 2.57. The third kappa shape index (κ3) is 2.57. The number of rotatable bonds is 2. The molecule has 0 spiro atoms. The zero-order chi connectivity index (χ0) is 15.4. The highest BCUT2D eigenvalue weighted by Crippen LogP contribution is 2.46. The van der Waals surface area contributed by atoms with E-state index in [1.807, 2.05) is 0 Å². The number of hydrogen-bond acceptors (Lipinski definition) is 5.